The molecule has 1 nitrogen and oxygen atoms in total. The van der Waals surface area contributed by atoms with Gasteiger partial charge in [-0.25, -0.2) is 4.39 Å². The lowest BCUT2D eigenvalue weighted by Crippen LogP contribution is -2.27. The van der Waals surface area contributed by atoms with E-state index in [2.05, 4.69) is 35.1 Å². The highest BCUT2D eigenvalue weighted by Crippen LogP contribution is 2.25. The van der Waals surface area contributed by atoms with Gasteiger partial charge in [-0.05, 0) is 61.4 Å². The highest BCUT2D eigenvalue weighted by atomic mass is 79.9. The molecule has 1 fully saturated rings. The molecular weight excluding hydrogens is 293 g/mol. The minimum atomic E-state index is -0.149. The average molecular weight is 314 g/mol. The average Bonchev–Trinajstić information content (AvgIpc) is 3.14. The first kappa shape index (κ1) is 14.0. The topological polar surface area (TPSA) is 12.0 Å². The van der Waals surface area contributed by atoms with E-state index in [9.17, 15) is 4.39 Å². The monoisotopic (exact) mass is 313 g/mol. The van der Waals surface area contributed by atoms with Crippen LogP contribution in [0.15, 0.2) is 22.7 Å². The van der Waals surface area contributed by atoms with E-state index in [1.165, 1.54) is 18.9 Å². The number of hydrogen-bond acceptors (Lipinski definition) is 1. The Kier molecular flexibility index (Phi) is 4.79. The SMILES string of the molecule is CC(CNC1CC1)C(C)Cc1cc(F)ccc1Br. The fourth-order valence-electron chi connectivity index (χ4n) is 2.09. The summed E-state index contributed by atoms with van der Waals surface area (Å²) in [6, 6.07) is 5.70. The summed E-state index contributed by atoms with van der Waals surface area (Å²) in [6.45, 7) is 5.59. The molecular formula is C15H21BrFN. The van der Waals surface area contributed by atoms with Crippen LogP contribution < -0.4 is 5.32 Å². The molecule has 0 aliphatic heterocycles. The van der Waals surface area contributed by atoms with Crippen molar-refractivity contribution in [2.24, 2.45) is 11.8 Å². The molecule has 1 saturated carbocycles. The summed E-state index contributed by atoms with van der Waals surface area (Å²) >= 11 is 3.50. The van der Waals surface area contributed by atoms with Crippen molar-refractivity contribution in [1.82, 2.24) is 5.32 Å². The zero-order valence-electron chi connectivity index (χ0n) is 11.0. The molecule has 3 heteroatoms. The molecule has 2 unspecified atom stereocenters. The van der Waals surface area contributed by atoms with Gasteiger partial charge < -0.3 is 5.32 Å². The van der Waals surface area contributed by atoms with Crippen molar-refractivity contribution in [2.75, 3.05) is 6.54 Å². The maximum atomic E-state index is 13.2. The zero-order chi connectivity index (χ0) is 13.1. The van der Waals surface area contributed by atoms with E-state index in [0.717, 1.165) is 29.0 Å². The molecule has 100 valence electrons. The van der Waals surface area contributed by atoms with E-state index in [4.69, 9.17) is 0 Å². The van der Waals surface area contributed by atoms with Gasteiger partial charge in [-0.2, -0.15) is 0 Å². The predicted octanol–water partition coefficient (Wildman–Crippen LogP) is 4.15. The standard InChI is InChI=1S/C15H21BrFN/c1-10(11(2)9-18-14-4-5-14)7-12-8-13(17)3-6-15(12)16/h3,6,8,10-11,14,18H,4-5,7,9H2,1-2H3. The lowest BCUT2D eigenvalue weighted by atomic mass is 9.89. The Bertz CT molecular complexity index is 403. The van der Waals surface area contributed by atoms with Gasteiger partial charge in [-0.3, -0.25) is 0 Å². The summed E-state index contributed by atoms with van der Waals surface area (Å²) in [6.07, 6.45) is 3.58. The van der Waals surface area contributed by atoms with Gasteiger partial charge in [0.15, 0.2) is 0 Å². The highest BCUT2D eigenvalue weighted by molar-refractivity contribution is 9.10. The van der Waals surface area contributed by atoms with Crippen LogP contribution in [0.25, 0.3) is 0 Å². The molecule has 2 rings (SSSR count). The molecule has 2 atom stereocenters. The minimum Gasteiger partial charge on any atom is -0.314 e. The first-order valence-electron chi connectivity index (χ1n) is 6.73. The summed E-state index contributed by atoms with van der Waals surface area (Å²) in [4.78, 5) is 0. The molecule has 0 saturated heterocycles. The van der Waals surface area contributed by atoms with E-state index in [1.807, 2.05) is 0 Å². The van der Waals surface area contributed by atoms with Gasteiger partial charge in [0.2, 0.25) is 0 Å². The van der Waals surface area contributed by atoms with Crippen LogP contribution in [0.5, 0.6) is 0 Å². The van der Waals surface area contributed by atoms with E-state index >= 15 is 0 Å². The van der Waals surface area contributed by atoms with Gasteiger partial charge in [-0.15, -0.1) is 0 Å². The van der Waals surface area contributed by atoms with Crippen LogP contribution in [-0.4, -0.2) is 12.6 Å². The molecule has 0 radical (unpaired) electrons. The number of rotatable bonds is 6. The van der Waals surface area contributed by atoms with Crippen molar-refractivity contribution in [1.29, 1.82) is 0 Å². The third kappa shape index (κ3) is 4.06. The summed E-state index contributed by atoms with van der Waals surface area (Å²) in [7, 11) is 0. The minimum absolute atomic E-state index is 0.149. The Hall–Kier alpha value is -0.410. The van der Waals surface area contributed by atoms with Crippen molar-refractivity contribution >= 4 is 15.9 Å². The molecule has 1 aromatic rings. The number of benzene rings is 1. The quantitative estimate of drug-likeness (QED) is 0.831. The number of halogens is 2. The normalized spacial score (nSPS) is 18.7. The third-order valence-electron chi connectivity index (χ3n) is 3.83. The van der Waals surface area contributed by atoms with Gasteiger partial charge in [0.1, 0.15) is 5.82 Å². The maximum absolute atomic E-state index is 13.2. The van der Waals surface area contributed by atoms with Gasteiger partial charge >= 0.3 is 0 Å². The van der Waals surface area contributed by atoms with Crippen LogP contribution in [0.1, 0.15) is 32.3 Å². The number of nitrogens with one attached hydrogen (secondary N) is 1. The smallest absolute Gasteiger partial charge is 0.123 e. The highest BCUT2D eigenvalue weighted by Gasteiger charge is 2.22. The van der Waals surface area contributed by atoms with Gasteiger partial charge in [0.05, 0.1) is 0 Å². The molecule has 1 aromatic carbocycles. The molecule has 1 N–H and O–H groups in total. The Balaban J connectivity index is 1.88. The lowest BCUT2D eigenvalue weighted by molar-refractivity contribution is 0.363. The lowest BCUT2D eigenvalue weighted by Gasteiger charge is -2.21. The Morgan fingerprint density at radius 1 is 1.33 bits per heavy atom. The maximum Gasteiger partial charge on any atom is 0.123 e. The van der Waals surface area contributed by atoms with Crippen molar-refractivity contribution < 1.29 is 4.39 Å². The molecule has 1 aliphatic rings. The molecule has 0 spiro atoms. The second-order valence-corrected chi connectivity index (χ2v) is 6.43. The second-order valence-electron chi connectivity index (χ2n) is 5.58. The first-order valence-corrected chi connectivity index (χ1v) is 7.53. The van der Waals surface area contributed by atoms with Crippen molar-refractivity contribution in [3.8, 4) is 0 Å². The van der Waals surface area contributed by atoms with Gasteiger partial charge in [0.25, 0.3) is 0 Å². The molecule has 18 heavy (non-hydrogen) atoms. The Morgan fingerprint density at radius 2 is 2.06 bits per heavy atom. The van der Waals surface area contributed by atoms with Crippen molar-refractivity contribution in [3.63, 3.8) is 0 Å². The second kappa shape index (κ2) is 6.16. The summed E-state index contributed by atoms with van der Waals surface area (Å²) in [5, 5.41) is 3.56. The van der Waals surface area contributed by atoms with E-state index < -0.39 is 0 Å². The van der Waals surface area contributed by atoms with Crippen LogP contribution in [-0.2, 0) is 6.42 Å². The molecule has 0 amide bonds. The van der Waals surface area contributed by atoms with E-state index in [0.29, 0.717) is 11.8 Å². The Labute approximate surface area is 117 Å². The Morgan fingerprint density at radius 3 is 2.72 bits per heavy atom. The molecule has 0 bridgehead atoms. The van der Waals surface area contributed by atoms with Crippen molar-refractivity contribution in [2.45, 2.75) is 39.2 Å². The molecule has 0 aromatic heterocycles. The fraction of sp³-hybridized carbons (Fsp3) is 0.600. The van der Waals surface area contributed by atoms with Crippen LogP contribution in [0, 0.1) is 17.7 Å². The fourth-order valence-corrected chi connectivity index (χ4v) is 2.50. The molecule has 1 aliphatic carbocycles. The summed E-state index contributed by atoms with van der Waals surface area (Å²) in [5.74, 6) is 1.01. The van der Waals surface area contributed by atoms with Gasteiger partial charge in [0, 0.05) is 10.5 Å². The number of hydrogen-bond donors (Lipinski definition) is 1. The van der Waals surface area contributed by atoms with Gasteiger partial charge in [-0.1, -0.05) is 29.8 Å². The van der Waals surface area contributed by atoms with Crippen LogP contribution in [0.2, 0.25) is 0 Å². The zero-order valence-corrected chi connectivity index (χ0v) is 12.6. The van der Waals surface area contributed by atoms with Crippen LogP contribution >= 0.6 is 15.9 Å². The van der Waals surface area contributed by atoms with Crippen LogP contribution in [0.4, 0.5) is 4.39 Å². The third-order valence-corrected chi connectivity index (χ3v) is 4.60. The first-order chi connectivity index (χ1) is 8.56. The summed E-state index contributed by atoms with van der Waals surface area (Å²) < 4.78 is 14.2. The van der Waals surface area contributed by atoms with Crippen molar-refractivity contribution in [3.05, 3.63) is 34.1 Å². The van der Waals surface area contributed by atoms with Crippen LogP contribution in [0.3, 0.4) is 0 Å². The van der Waals surface area contributed by atoms with E-state index in [1.54, 1.807) is 12.1 Å². The molecule has 0 heterocycles. The predicted molar refractivity (Wildman–Crippen MR) is 77.2 cm³/mol. The largest absolute Gasteiger partial charge is 0.314 e. The van der Waals surface area contributed by atoms with E-state index in [-0.39, 0.29) is 5.82 Å². The summed E-state index contributed by atoms with van der Waals surface area (Å²) in [5.41, 5.74) is 1.07.